The van der Waals surface area contributed by atoms with Crippen molar-refractivity contribution >= 4 is 5.78 Å². The Bertz CT molecular complexity index is 375. The van der Waals surface area contributed by atoms with Crippen LogP contribution in [-0.4, -0.2) is 10.9 Å². The molecule has 1 N–H and O–H groups in total. The highest BCUT2D eigenvalue weighted by molar-refractivity contribution is 5.94. The molecule has 0 spiro atoms. The van der Waals surface area contributed by atoms with Crippen LogP contribution in [0.2, 0.25) is 0 Å². The van der Waals surface area contributed by atoms with E-state index in [1.807, 2.05) is 0 Å². The Labute approximate surface area is 78.0 Å². The van der Waals surface area contributed by atoms with Gasteiger partial charge in [-0.05, 0) is 19.1 Å². The molecule has 0 radical (unpaired) electrons. The number of aromatic hydroxyl groups is 1. The molecule has 0 amide bonds. The molecule has 0 saturated heterocycles. The highest BCUT2D eigenvalue weighted by Gasteiger charge is 2.18. The second kappa shape index (κ2) is 3.69. The lowest BCUT2D eigenvalue weighted by atomic mass is 10.1. The topological polar surface area (TPSA) is 37.3 Å². The van der Waals surface area contributed by atoms with E-state index in [0.717, 1.165) is 19.1 Å². The fraction of sp³-hybridized carbons (Fsp3) is 0.222. The summed E-state index contributed by atoms with van der Waals surface area (Å²) in [6, 6.07) is 1.51. The number of carbonyl (C=O) groups excluding carboxylic acids is 1. The summed E-state index contributed by atoms with van der Waals surface area (Å²) in [6.45, 7) is 1.13. The zero-order chi connectivity index (χ0) is 10.9. The molecule has 0 heterocycles. The first-order valence-corrected chi connectivity index (χ1v) is 3.75. The normalized spacial score (nSPS) is 10.6. The number of Topliss-reactive ketones (excluding diaryl/α,β-unsaturated/α-hetero) is 1. The molecular weight excluding hydrogens is 197 g/mol. The summed E-state index contributed by atoms with van der Waals surface area (Å²) in [5.41, 5.74) is -1.05. The monoisotopic (exact) mass is 204 g/mol. The van der Waals surface area contributed by atoms with Crippen LogP contribution < -0.4 is 0 Å². The number of halogens is 3. The van der Waals surface area contributed by atoms with Gasteiger partial charge in [0.15, 0.2) is 17.3 Å². The van der Waals surface area contributed by atoms with E-state index in [1.54, 1.807) is 0 Å². The van der Waals surface area contributed by atoms with Crippen molar-refractivity contribution in [2.45, 2.75) is 13.3 Å². The van der Waals surface area contributed by atoms with Crippen LogP contribution in [0.3, 0.4) is 0 Å². The smallest absolute Gasteiger partial charge is 0.267 e. The molecule has 1 aromatic rings. The number of ketones is 1. The van der Waals surface area contributed by atoms with Crippen molar-refractivity contribution in [3.8, 4) is 5.75 Å². The molecule has 0 fully saturated rings. The van der Waals surface area contributed by atoms with Crippen molar-refractivity contribution in [2.75, 3.05) is 0 Å². The van der Waals surface area contributed by atoms with E-state index in [1.165, 1.54) is 0 Å². The summed E-state index contributed by atoms with van der Waals surface area (Å²) in [5, 5.41) is 8.91. The molecule has 76 valence electrons. The minimum absolute atomic E-state index is 0.185. The predicted molar refractivity (Wildman–Crippen MR) is 43.0 cm³/mol. The number of benzene rings is 1. The van der Waals surface area contributed by atoms with Crippen molar-refractivity contribution in [3.63, 3.8) is 0 Å². The van der Waals surface area contributed by atoms with Gasteiger partial charge in [-0.15, -0.1) is 0 Å². The molecule has 0 aliphatic carbocycles. The molecule has 0 bridgehead atoms. The summed E-state index contributed by atoms with van der Waals surface area (Å²) in [5.74, 6) is -2.86. The molecule has 1 aromatic carbocycles. The number of rotatable bonds is 2. The van der Waals surface area contributed by atoms with Gasteiger partial charge in [-0.3, -0.25) is 4.79 Å². The summed E-state index contributed by atoms with van der Waals surface area (Å²) in [6.07, 6.45) is -3.01. The van der Waals surface area contributed by atoms with Gasteiger partial charge in [0.2, 0.25) is 0 Å². The standard InChI is InChI=1S/C9H7F3O2/c1-4(13)5-2-6(9(11)12)8(14)7(10)3-5/h2-3,9,14H,1H3. The maximum atomic E-state index is 12.8. The summed E-state index contributed by atoms with van der Waals surface area (Å²) >= 11 is 0. The van der Waals surface area contributed by atoms with Gasteiger partial charge in [0.1, 0.15) is 0 Å². The molecule has 0 aliphatic rings. The lowest BCUT2D eigenvalue weighted by Gasteiger charge is -2.06. The van der Waals surface area contributed by atoms with Gasteiger partial charge in [0.25, 0.3) is 6.43 Å². The average Bonchev–Trinajstić information content (AvgIpc) is 2.08. The number of phenols is 1. The summed E-state index contributed by atoms with van der Waals surface area (Å²) in [7, 11) is 0. The number of hydrogen-bond acceptors (Lipinski definition) is 2. The van der Waals surface area contributed by atoms with E-state index in [9.17, 15) is 18.0 Å². The zero-order valence-corrected chi connectivity index (χ0v) is 7.22. The Hall–Kier alpha value is -1.52. The highest BCUT2D eigenvalue weighted by Crippen LogP contribution is 2.31. The third-order valence-corrected chi connectivity index (χ3v) is 1.73. The molecule has 1 rings (SSSR count). The van der Waals surface area contributed by atoms with Crippen LogP contribution in [0.1, 0.15) is 29.3 Å². The highest BCUT2D eigenvalue weighted by atomic mass is 19.3. The third-order valence-electron chi connectivity index (χ3n) is 1.73. The Morgan fingerprint density at radius 2 is 2.00 bits per heavy atom. The molecule has 0 saturated carbocycles. The lowest BCUT2D eigenvalue weighted by Crippen LogP contribution is -1.97. The van der Waals surface area contributed by atoms with Crippen LogP contribution in [0, 0.1) is 5.82 Å². The molecule has 2 nitrogen and oxygen atoms in total. The van der Waals surface area contributed by atoms with Gasteiger partial charge in [-0.2, -0.15) is 0 Å². The Morgan fingerprint density at radius 3 is 2.43 bits per heavy atom. The maximum Gasteiger partial charge on any atom is 0.267 e. The van der Waals surface area contributed by atoms with E-state index < -0.39 is 29.3 Å². The molecular formula is C9H7F3O2. The molecule has 0 aliphatic heterocycles. The second-order valence-corrected chi connectivity index (χ2v) is 2.75. The van der Waals surface area contributed by atoms with Crippen LogP contribution in [-0.2, 0) is 0 Å². The first kappa shape index (κ1) is 10.6. The number of carbonyl (C=O) groups is 1. The quantitative estimate of drug-likeness (QED) is 0.752. The number of hydrogen-bond donors (Lipinski definition) is 1. The van der Waals surface area contributed by atoms with Crippen LogP contribution in [0.4, 0.5) is 13.2 Å². The first-order chi connectivity index (χ1) is 6.43. The Kier molecular flexibility index (Phi) is 2.78. The van der Waals surface area contributed by atoms with Crippen molar-refractivity contribution in [1.29, 1.82) is 0 Å². The SMILES string of the molecule is CC(=O)c1cc(F)c(O)c(C(F)F)c1. The number of phenolic OH excluding ortho intramolecular Hbond substituents is 1. The minimum atomic E-state index is -3.01. The van der Waals surface area contributed by atoms with Crippen molar-refractivity contribution in [2.24, 2.45) is 0 Å². The largest absolute Gasteiger partial charge is 0.504 e. The van der Waals surface area contributed by atoms with Gasteiger partial charge < -0.3 is 5.11 Å². The van der Waals surface area contributed by atoms with Crippen LogP contribution in [0.25, 0.3) is 0 Å². The average molecular weight is 204 g/mol. The van der Waals surface area contributed by atoms with Crippen molar-refractivity contribution in [3.05, 3.63) is 29.1 Å². The van der Waals surface area contributed by atoms with E-state index >= 15 is 0 Å². The van der Waals surface area contributed by atoms with E-state index in [0.29, 0.717) is 0 Å². The van der Waals surface area contributed by atoms with Crippen LogP contribution >= 0.6 is 0 Å². The van der Waals surface area contributed by atoms with Crippen molar-refractivity contribution < 1.29 is 23.1 Å². The summed E-state index contributed by atoms with van der Waals surface area (Å²) in [4.78, 5) is 10.8. The van der Waals surface area contributed by atoms with Gasteiger partial charge >= 0.3 is 0 Å². The fourth-order valence-electron chi connectivity index (χ4n) is 0.990. The van der Waals surface area contributed by atoms with E-state index in [-0.39, 0.29) is 5.56 Å². The Balaban J connectivity index is 3.35. The Morgan fingerprint density at radius 1 is 1.43 bits per heavy atom. The minimum Gasteiger partial charge on any atom is -0.504 e. The van der Waals surface area contributed by atoms with Crippen LogP contribution in [0.15, 0.2) is 12.1 Å². The zero-order valence-electron chi connectivity index (χ0n) is 7.22. The molecule has 0 unspecified atom stereocenters. The predicted octanol–water partition coefficient (Wildman–Crippen LogP) is 2.67. The molecule has 14 heavy (non-hydrogen) atoms. The fourth-order valence-corrected chi connectivity index (χ4v) is 0.990. The maximum absolute atomic E-state index is 12.8. The van der Waals surface area contributed by atoms with Gasteiger partial charge in [0.05, 0.1) is 5.56 Å². The van der Waals surface area contributed by atoms with E-state index in [4.69, 9.17) is 5.11 Å². The second-order valence-electron chi connectivity index (χ2n) is 2.75. The third kappa shape index (κ3) is 1.86. The molecule has 5 heteroatoms. The first-order valence-electron chi connectivity index (χ1n) is 3.75. The van der Waals surface area contributed by atoms with Gasteiger partial charge in [0, 0.05) is 5.56 Å². The van der Waals surface area contributed by atoms with Crippen LogP contribution in [0.5, 0.6) is 5.75 Å². The van der Waals surface area contributed by atoms with E-state index in [2.05, 4.69) is 0 Å². The lowest BCUT2D eigenvalue weighted by molar-refractivity contribution is 0.101. The molecule has 0 atom stereocenters. The molecule has 0 aromatic heterocycles. The van der Waals surface area contributed by atoms with Gasteiger partial charge in [-0.1, -0.05) is 0 Å². The number of alkyl halides is 2. The van der Waals surface area contributed by atoms with Crippen molar-refractivity contribution in [1.82, 2.24) is 0 Å². The summed E-state index contributed by atoms with van der Waals surface area (Å²) < 4.78 is 37.3. The van der Waals surface area contributed by atoms with Gasteiger partial charge in [-0.25, -0.2) is 13.2 Å².